The number of aliphatic hydroxyl groups excluding tert-OH is 1. The van der Waals surface area contributed by atoms with E-state index in [2.05, 4.69) is 24.1 Å². The maximum Gasteiger partial charge on any atom is 0.250 e. The van der Waals surface area contributed by atoms with E-state index in [-0.39, 0.29) is 18.1 Å². The monoisotopic (exact) mass is 459 g/mol. The predicted molar refractivity (Wildman–Crippen MR) is 131 cm³/mol. The van der Waals surface area contributed by atoms with Crippen molar-refractivity contribution >= 4 is 22.6 Å². The van der Waals surface area contributed by atoms with Gasteiger partial charge in [0, 0.05) is 23.5 Å². The van der Waals surface area contributed by atoms with Crippen LogP contribution in [-0.4, -0.2) is 37.9 Å². The van der Waals surface area contributed by atoms with Crippen LogP contribution < -0.4 is 11.1 Å². The smallest absolute Gasteiger partial charge is 0.250 e. The van der Waals surface area contributed by atoms with Crippen LogP contribution in [0.1, 0.15) is 61.5 Å². The number of hydrogen-bond acceptors (Lipinski definition) is 6. The average molecular weight is 460 g/mol. The summed E-state index contributed by atoms with van der Waals surface area (Å²) in [5.41, 5.74) is 11.2. The van der Waals surface area contributed by atoms with Crippen molar-refractivity contribution < 1.29 is 14.3 Å². The number of hydrogen-bond donors (Lipinski definition) is 3. The molecule has 1 aliphatic carbocycles. The minimum absolute atomic E-state index is 0.170. The Morgan fingerprint density at radius 2 is 2.00 bits per heavy atom. The van der Waals surface area contributed by atoms with E-state index in [1.54, 1.807) is 24.8 Å². The van der Waals surface area contributed by atoms with Gasteiger partial charge in [-0.3, -0.25) is 4.79 Å². The van der Waals surface area contributed by atoms with E-state index in [1.807, 2.05) is 28.9 Å². The van der Waals surface area contributed by atoms with Gasteiger partial charge in [-0.25, -0.2) is 9.67 Å². The highest BCUT2D eigenvalue weighted by Crippen LogP contribution is 2.35. The largest absolute Gasteiger partial charge is 0.472 e. The quantitative estimate of drug-likeness (QED) is 0.387. The number of carbonyl (C=O) groups excluding carboxylic acids is 1. The van der Waals surface area contributed by atoms with Gasteiger partial charge in [0.15, 0.2) is 5.65 Å². The van der Waals surface area contributed by atoms with Crippen molar-refractivity contribution in [2.24, 2.45) is 5.73 Å². The molecule has 1 saturated carbocycles. The van der Waals surface area contributed by atoms with Gasteiger partial charge in [-0.05, 0) is 67.5 Å². The number of fused-ring (bicyclic) bond motifs is 1. The lowest BCUT2D eigenvalue weighted by Gasteiger charge is -2.27. The summed E-state index contributed by atoms with van der Waals surface area (Å²) in [7, 11) is 0. The molecule has 1 fully saturated rings. The zero-order valence-electron chi connectivity index (χ0n) is 19.4. The fraction of sp³-hybridized carbons (Fsp3) is 0.346. The van der Waals surface area contributed by atoms with Crippen LogP contribution in [0.15, 0.2) is 53.5 Å². The highest BCUT2D eigenvalue weighted by molar-refractivity contribution is 5.99. The molecule has 1 aromatic carbocycles. The van der Waals surface area contributed by atoms with Crippen LogP contribution in [0.3, 0.4) is 0 Å². The molecule has 5 rings (SSSR count). The minimum Gasteiger partial charge on any atom is -0.472 e. The summed E-state index contributed by atoms with van der Waals surface area (Å²) in [6.07, 6.45) is 8.06. The number of aromatic nitrogens is 3. The lowest BCUT2D eigenvalue weighted by Crippen LogP contribution is -2.29. The highest BCUT2D eigenvalue weighted by Gasteiger charge is 2.23. The standard InChI is InChI=1S/C26H29N5O3/c1-15(2)24-23-20(16-10-12-34-14-16)9-11-28-26(23)31(30-24)18-5-8-21(25(27)33)22(13-18)29-17-3-6-19(32)7-4-17/h5,8-15,17,19,29,32H,3-4,6-7H2,1-2H3,(H2,27,33). The molecule has 8 nitrogen and oxygen atoms in total. The Labute approximate surface area is 197 Å². The number of pyridine rings is 1. The first-order valence-electron chi connectivity index (χ1n) is 11.7. The number of rotatable bonds is 6. The molecule has 176 valence electrons. The number of carbonyl (C=O) groups is 1. The Morgan fingerprint density at radius 3 is 2.68 bits per heavy atom. The van der Waals surface area contributed by atoms with Crippen LogP contribution in [0.2, 0.25) is 0 Å². The van der Waals surface area contributed by atoms with Crippen LogP contribution in [0.4, 0.5) is 5.69 Å². The molecule has 0 saturated heterocycles. The molecule has 0 spiro atoms. The molecular formula is C26H29N5O3. The molecule has 8 heteroatoms. The van der Waals surface area contributed by atoms with Crippen LogP contribution in [0.25, 0.3) is 27.8 Å². The van der Waals surface area contributed by atoms with Gasteiger partial charge in [0.05, 0.1) is 41.0 Å². The molecule has 3 heterocycles. The number of nitrogens with two attached hydrogens (primary N) is 1. The van der Waals surface area contributed by atoms with Crippen molar-refractivity contribution in [1.82, 2.24) is 14.8 Å². The molecule has 1 aliphatic rings. The van der Waals surface area contributed by atoms with E-state index in [9.17, 15) is 9.90 Å². The van der Waals surface area contributed by atoms with Gasteiger partial charge in [0.25, 0.3) is 5.91 Å². The first kappa shape index (κ1) is 22.2. The van der Waals surface area contributed by atoms with E-state index in [0.29, 0.717) is 11.3 Å². The van der Waals surface area contributed by atoms with E-state index in [1.165, 1.54) is 0 Å². The van der Waals surface area contributed by atoms with Gasteiger partial charge in [-0.1, -0.05) is 13.8 Å². The zero-order chi connectivity index (χ0) is 23.8. The second-order valence-corrected chi connectivity index (χ2v) is 9.26. The Kier molecular flexibility index (Phi) is 5.83. The second kappa shape index (κ2) is 8.95. The second-order valence-electron chi connectivity index (χ2n) is 9.26. The Balaban J connectivity index is 1.62. The third-order valence-corrected chi connectivity index (χ3v) is 6.54. The molecule has 3 aromatic heterocycles. The summed E-state index contributed by atoms with van der Waals surface area (Å²) < 4.78 is 7.15. The van der Waals surface area contributed by atoms with E-state index < -0.39 is 5.91 Å². The Hall–Kier alpha value is -3.65. The maximum absolute atomic E-state index is 12.1. The maximum atomic E-state index is 12.1. The number of furan rings is 1. The molecule has 0 unspecified atom stereocenters. The van der Waals surface area contributed by atoms with Crippen LogP contribution in [-0.2, 0) is 0 Å². The van der Waals surface area contributed by atoms with E-state index in [0.717, 1.165) is 59.2 Å². The molecule has 0 aliphatic heterocycles. The number of nitrogens with one attached hydrogen (secondary N) is 1. The first-order valence-corrected chi connectivity index (χ1v) is 11.7. The summed E-state index contributed by atoms with van der Waals surface area (Å²) in [4.78, 5) is 16.8. The molecule has 0 radical (unpaired) electrons. The van der Waals surface area contributed by atoms with Gasteiger partial charge in [-0.15, -0.1) is 0 Å². The summed E-state index contributed by atoms with van der Waals surface area (Å²) in [6.45, 7) is 4.22. The zero-order valence-corrected chi connectivity index (χ0v) is 19.4. The summed E-state index contributed by atoms with van der Waals surface area (Å²) in [5.74, 6) is -0.312. The lowest BCUT2D eigenvalue weighted by atomic mass is 9.92. The van der Waals surface area contributed by atoms with Gasteiger partial charge < -0.3 is 20.6 Å². The molecule has 4 aromatic rings. The average Bonchev–Trinajstić information content (AvgIpc) is 3.49. The predicted octanol–water partition coefficient (Wildman–Crippen LogP) is 4.62. The summed E-state index contributed by atoms with van der Waals surface area (Å²) in [6, 6.07) is 9.57. The first-order chi connectivity index (χ1) is 16.4. The highest BCUT2D eigenvalue weighted by atomic mass is 16.3. The lowest BCUT2D eigenvalue weighted by molar-refractivity contribution is 0.100. The number of amides is 1. The molecular weight excluding hydrogens is 430 g/mol. The number of benzene rings is 1. The van der Waals surface area contributed by atoms with Crippen LogP contribution in [0.5, 0.6) is 0 Å². The molecule has 34 heavy (non-hydrogen) atoms. The molecule has 0 atom stereocenters. The fourth-order valence-corrected chi connectivity index (χ4v) is 4.75. The normalized spacial score (nSPS) is 18.5. The Morgan fingerprint density at radius 1 is 1.21 bits per heavy atom. The fourth-order valence-electron chi connectivity index (χ4n) is 4.75. The molecule has 1 amide bonds. The SMILES string of the molecule is CC(C)c1nn(-c2ccc(C(N)=O)c(NC3CCC(O)CC3)c2)c2nccc(-c3ccoc3)c12. The minimum atomic E-state index is -0.488. The Bertz CT molecular complexity index is 1320. The number of nitrogens with zero attached hydrogens (tertiary/aromatic N) is 3. The number of aliphatic hydroxyl groups is 1. The van der Waals surface area contributed by atoms with E-state index in [4.69, 9.17) is 15.2 Å². The molecule has 0 bridgehead atoms. The van der Waals surface area contributed by atoms with Gasteiger partial charge in [0.1, 0.15) is 0 Å². The van der Waals surface area contributed by atoms with Crippen molar-refractivity contribution in [2.75, 3.05) is 5.32 Å². The van der Waals surface area contributed by atoms with Crippen molar-refractivity contribution in [3.05, 3.63) is 60.3 Å². The van der Waals surface area contributed by atoms with Crippen LogP contribution >= 0.6 is 0 Å². The third kappa shape index (κ3) is 4.05. The van der Waals surface area contributed by atoms with Crippen LogP contribution in [0, 0.1) is 0 Å². The van der Waals surface area contributed by atoms with Crippen molar-refractivity contribution in [3.8, 4) is 16.8 Å². The number of primary amides is 1. The van der Waals surface area contributed by atoms with Gasteiger partial charge >= 0.3 is 0 Å². The summed E-state index contributed by atoms with van der Waals surface area (Å²) >= 11 is 0. The molecule has 4 N–H and O–H groups in total. The number of anilines is 1. The van der Waals surface area contributed by atoms with Gasteiger partial charge in [0.2, 0.25) is 0 Å². The van der Waals surface area contributed by atoms with Crippen molar-refractivity contribution in [1.29, 1.82) is 0 Å². The topological polar surface area (TPSA) is 119 Å². The third-order valence-electron chi connectivity index (χ3n) is 6.54. The van der Waals surface area contributed by atoms with E-state index >= 15 is 0 Å². The van der Waals surface area contributed by atoms with Gasteiger partial charge in [-0.2, -0.15) is 5.10 Å². The van der Waals surface area contributed by atoms with Crippen molar-refractivity contribution in [2.45, 2.75) is 57.6 Å². The summed E-state index contributed by atoms with van der Waals surface area (Å²) in [5, 5.41) is 19.3. The van der Waals surface area contributed by atoms with Crippen molar-refractivity contribution in [3.63, 3.8) is 0 Å².